The molecule has 2 aromatic rings. The van der Waals surface area contributed by atoms with Crippen LogP contribution in [0.5, 0.6) is 5.75 Å². The van der Waals surface area contributed by atoms with Crippen molar-refractivity contribution in [1.29, 1.82) is 0 Å². The molecule has 0 saturated carbocycles. The maximum absolute atomic E-state index is 12.7. The number of ether oxygens (including phenoxy) is 1. The van der Waals surface area contributed by atoms with Crippen LogP contribution in [0, 0.1) is 5.92 Å². The maximum atomic E-state index is 12.7. The van der Waals surface area contributed by atoms with Gasteiger partial charge < -0.3 is 15.0 Å². The highest BCUT2D eigenvalue weighted by Crippen LogP contribution is 2.28. The van der Waals surface area contributed by atoms with Crippen LogP contribution < -0.4 is 15.0 Å². The van der Waals surface area contributed by atoms with Crippen LogP contribution in [0.1, 0.15) is 24.0 Å². The molecule has 176 valence electrons. The molecular formula is C24H29N3O5S. The van der Waals surface area contributed by atoms with E-state index in [1.165, 1.54) is 9.87 Å². The van der Waals surface area contributed by atoms with E-state index >= 15 is 0 Å². The minimum absolute atomic E-state index is 0.0189. The van der Waals surface area contributed by atoms with Gasteiger partial charge in [0.15, 0.2) is 0 Å². The summed E-state index contributed by atoms with van der Waals surface area (Å²) in [6.45, 7) is 1.43. The van der Waals surface area contributed by atoms with E-state index in [1.807, 2.05) is 30.3 Å². The molecule has 0 spiro atoms. The number of anilines is 1. The summed E-state index contributed by atoms with van der Waals surface area (Å²) in [5.41, 5.74) is 2.95. The third-order valence-electron chi connectivity index (χ3n) is 6.23. The number of methoxy groups -OCH3 is 1. The van der Waals surface area contributed by atoms with Crippen molar-refractivity contribution in [3.05, 3.63) is 59.7 Å². The Morgan fingerprint density at radius 2 is 1.94 bits per heavy atom. The van der Waals surface area contributed by atoms with Crippen LogP contribution in [0.2, 0.25) is 0 Å². The normalized spacial score (nSPS) is 18.8. The predicted octanol–water partition coefficient (Wildman–Crippen LogP) is 1.94. The van der Waals surface area contributed by atoms with Gasteiger partial charge in [-0.2, -0.15) is 4.31 Å². The molecule has 2 aliphatic heterocycles. The fourth-order valence-corrected chi connectivity index (χ4v) is 5.83. The third kappa shape index (κ3) is 5.36. The van der Waals surface area contributed by atoms with Gasteiger partial charge in [0.25, 0.3) is 0 Å². The van der Waals surface area contributed by atoms with E-state index in [2.05, 4.69) is 5.32 Å². The van der Waals surface area contributed by atoms with Crippen molar-refractivity contribution < 1.29 is 22.7 Å². The SMILES string of the molecule is COc1cccc(N2CC(C(=O)NCCCS(=O)(=O)N3CCc4ccccc4C3)CC2=O)c1. The quantitative estimate of drug-likeness (QED) is 0.594. The number of hydrogen-bond donors (Lipinski definition) is 1. The number of sulfonamides is 1. The molecule has 2 aromatic carbocycles. The first-order valence-electron chi connectivity index (χ1n) is 11.1. The highest BCUT2D eigenvalue weighted by atomic mass is 32.2. The number of rotatable bonds is 8. The van der Waals surface area contributed by atoms with Gasteiger partial charge in [0, 0.05) is 44.4 Å². The van der Waals surface area contributed by atoms with Gasteiger partial charge in [0.05, 0.1) is 18.8 Å². The molecular weight excluding hydrogens is 442 g/mol. The average molecular weight is 472 g/mol. The minimum Gasteiger partial charge on any atom is -0.497 e. The zero-order chi connectivity index (χ0) is 23.4. The molecule has 2 amide bonds. The van der Waals surface area contributed by atoms with Crippen molar-refractivity contribution in [2.24, 2.45) is 5.92 Å². The van der Waals surface area contributed by atoms with Gasteiger partial charge in [-0.15, -0.1) is 0 Å². The summed E-state index contributed by atoms with van der Waals surface area (Å²) in [6, 6.07) is 15.1. The van der Waals surface area contributed by atoms with Crippen molar-refractivity contribution in [3.8, 4) is 5.75 Å². The first-order chi connectivity index (χ1) is 15.9. The van der Waals surface area contributed by atoms with Crippen LogP contribution >= 0.6 is 0 Å². The topological polar surface area (TPSA) is 96.0 Å². The highest BCUT2D eigenvalue weighted by molar-refractivity contribution is 7.89. The van der Waals surface area contributed by atoms with Gasteiger partial charge in [0.2, 0.25) is 21.8 Å². The molecule has 0 aromatic heterocycles. The zero-order valence-corrected chi connectivity index (χ0v) is 19.5. The smallest absolute Gasteiger partial charge is 0.227 e. The van der Waals surface area contributed by atoms with E-state index in [9.17, 15) is 18.0 Å². The second kappa shape index (κ2) is 9.93. The number of carbonyl (C=O) groups is 2. The van der Waals surface area contributed by atoms with Crippen molar-refractivity contribution >= 4 is 27.5 Å². The van der Waals surface area contributed by atoms with Crippen LogP contribution in [0.25, 0.3) is 0 Å². The van der Waals surface area contributed by atoms with Crippen LogP contribution in [0.15, 0.2) is 48.5 Å². The third-order valence-corrected chi connectivity index (χ3v) is 8.13. The van der Waals surface area contributed by atoms with E-state index in [-0.39, 0.29) is 30.5 Å². The average Bonchev–Trinajstić information content (AvgIpc) is 3.23. The monoisotopic (exact) mass is 471 g/mol. The summed E-state index contributed by atoms with van der Waals surface area (Å²) in [5, 5.41) is 2.81. The van der Waals surface area contributed by atoms with E-state index in [1.54, 1.807) is 30.2 Å². The Kier molecular flexibility index (Phi) is 6.99. The molecule has 1 saturated heterocycles. The summed E-state index contributed by atoms with van der Waals surface area (Å²) in [5.74, 6) is -0.172. The molecule has 1 fully saturated rings. The molecule has 33 heavy (non-hydrogen) atoms. The van der Waals surface area contributed by atoms with E-state index < -0.39 is 15.9 Å². The molecule has 0 radical (unpaired) electrons. The molecule has 4 rings (SSSR count). The Morgan fingerprint density at radius 3 is 2.73 bits per heavy atom. The number of carbonyl (C=O) groups excluding carboxylic acids is 2. The van der Waals surface area contributed by atoms with Gasteiger partial charge in [-0.1, -0.05) is 30.3 Å². The molecule has 2 heterocycles. The minimum atomic E-state index is -3.40. The highest BCUT2D eigenvalue weighted by Gasteiger charge is 2.35. The Hall–Kier alpha value is -2.91. The number of amides is 2. The number of fused-ring (bicyclic) bond motifs is 1. The first kappa shape index (κ1) is 23.3. The molecule has 2 aliphatic rings. The Bertz CT molecular complexity index is 1130. The molecule has 0 aliphatic carbocycles. The van der Waals surface area contributed by atoms with Crippen LogP contribution in [0.4, 0.5) is 5.69 Å². The van der Waals surface area contributed by atoms with Gasteiger partial charge in [-0.3, -0.25) is 9.59 Å². The molecule has 0 bridgehead atoms. The lowest BCUT2D eigenvalue weighted by Gasteiger charge is -2.28. The number of hydrogen-bond acceptors (Lipinski definition) is 5. The second-order valence-corrected chi connectivity index (χ2v) is 10.5. The van der Waals surface area contributed by atoms with Gasteiger partial charge in [0.1, 0.15) is 5.75 Å². The van der Waals surface area contributed by atoms with Crippen molar-refractivity contribution in [2.45, 2.75) is 25.8 Å². The van der Waals surface area contributed by atoms with Crippen molar-refractivity contribution in [1.82, 2.24) is 9.62 Å². The number of nitrogens with zero attached hydrogens (tertiary/aromatic N) is 2. The van der Waals surface area contributed by atoms with E-state index in [4.69, 9.17) is 4.74 Å². The zero-order valence-electron chi connectivity index (χ0n) is 18.7. The van der Waals surface area contributed by atoms with E-state index in [0.717, 1.165) is 5.56 Å². The molecule has 1 unspecified atom stereocenters. The van der Waals surface area contributed by atoms with Gasteiger partial charge in [-0.25, -0.2) is 8.42 Å². The lowest BCUT2D eigenvalue weighted by Crippen LogP contribution is -2.38. The predicted molar refractivity (Wildman–Crippen MR) is 125 cm³/mol. The van der Waals surface area contributed by atoms with Crippen molar-refractivity contribution in [3.63, 3.8) is 0 Å². The lowest BCUT2D eigenvalue weighted by atomic mass is 10.0. The van der Waals surface area contributed by atoms with Crippen LogP contribution in [-0.4, -0.2) is 57.0 Å². The van der Waals surface area contributed by atoms with Gasteiger partial charge in [-0.05, 0) is 36.1 Å². The molecule has 1 atom stereocenters. The first-order valence-corrected chi connectivity index (χ1v) is 12.7. The summed E-state index contributed by atoms with van der Waals surface area (Å²) < 4.78 is 32.2. The summed E-state index contributed by atoms with van der Waals surface area (Å²) >= 11 is 0. The van der Waals surface area contributed by atoms with Crippen molar-refractivity contribution in [2.75, 3.05) is 37.4 Å². The Balaban J connectivity index is 1.24. The van der Waals surface area contributed by atoms with Crippen LogP contribution in [-0.2, 0) is 32.6 Å². The Morgan fingerprint density at radius 1 is 1.15 bits per heavy atom. The van der Waals surface area contributed by atoms with Crippen LogP contribution in [0.3, 0.4) is 0 Å². The Labute approximate surface area is 194 Å². The molecule has 9 heteroatoms. The second-order valence-electron chi connectivity index (χ2n) is 8.42. The maximum Gasteiger partial charge on any atom is 0.227 e. The summed E-state index contributed by atoms with van der Waals surface area (Å²) in [6.07, 6.45) is 1.17. The number of benzene rings is 2. The van der Waals surface area contributed by atoms with E-state index in [0.29, 0.717) is 43.9 Å². The lowest BCUT2D eigenvalue weighted by molar-refractivity contribution is -0.126. The largest absolute Gasteiger partial charge is 0.497 e. The molecule has 8 nitrogen and oxygen atoms in total. The molecule has 1 N–H and O–H groups in total. The number of nitrogens with one attached hydrogen (secondary N) is 1. The summed E-state index contributed by atoms with van der Waals surface area (Å²) in [4.78, 5) is 26.6. The summed E-state index contributed by atoms with van der Waals surface area (Å²) in [7, 11) is -1.83. The standard InChI is InChI=1S/C24H29N3O5S/c1-32-22-9-4-8-21(15-22)27-17-20(14-23(27)28)24(29)25-11-5-13-33(30,31)26-12-10-18-6-2-3-7-19(18)16-26/h2-4,6-9,15,20H,5,10-14,16-17H2,1H3,(H,25,29). The van der Waals surface area contributed by atoms with Gasteiger partial charge >= 0.3 is 0 Å². The fraction of sp³-hybridized carbons (Fsp3) is 0.417. The fourth-order valence-electron chi connectivity index (χ4n) is 4.36.